The predicted molar refractivity (Wildman–Crippen MR) is 50.1 cm³/mol. The van der Waals surface area contributed by atoms with Crippen LogP contribution in [-0.4, -0.2) is 12.4 Å². The first-order valence-electron chi connectivity index (χ1n) is 4.47. The van der Waals surface area contributed by atoms with E-state index in [0.29, 0.717) is 5.69 Å². The molecule has 2 N–H and O–H groups in total. The first-order valence-corrected chi connectivity index (χ1v) is 4.47. The van der Waals surface area contributed by atoms with Gasteiger partial charge in [-0.3, -0.25) is 4.99 Å². The van der Waals surface area contributed by atoms with Gasteiger partial charge in [-0.25, -0.2) is 9.71 Å². The zero-order valence-corrected chi connectivity index (χ0v) is 7.31. The van der Waals surface area contributed by atoms with Crippen LogP contribution in [0.5, 0.6) is 0 Å². The summed E-state index contributed by atoms with van der Waals surface area (Å²) in [5.74, 6) is 0.814. The lowest BCUT2D eigenvalue weighted by molar-refractivity contribution is -0.447. The van der Waals surface area contributed by atoms with Gasteiger partial charge in [0.15, 0.2) is 11.5 Å². The maximum atomic E-state index is 13.1. The van der Waals surface area contributed by atoms with Gasteiger partial charge in [-0.1, -0.05) is 12.1 Å². The fourth-order valence-electron chi connectivity index (χ4n) is 1.42. The van der Waals surface area contributed by atoms with Gasteiger partial charge in [0.2, 0.25) is 5.84 Å². The number of halogens is 1. The number of nitrogens with one attached hydrogen (secondary N) is 2. The zero-order valence-electron chi connectivity index (χ0n) is 7.31. The van der Waals surface area contributed by atoms with Crippen molar-refractivity contribution in [3.05, 3.63) is 30.1 Å². The van der Waals surface area contributed by atoms with Gasteiger partial charge in [-0.2, -0.15) is 0 Å². The molecule has 0 atom stereocenters. The SMILES string of the molecule is Fc1ccccc1NC1=[NH+]CCC1. The van der Waals surface area contributed by atoms with Crippen LogP contribution in [-0.2, 0) is 0 Å². The second-order valence-corrected chi connectivity index (χ2v) is 3.11. The molecule has 3 heteroatoms. The van der Waals surface area contributed by atoms with Gasteiger partial charge in [0.05, 0.1) is 13.0 Å². The fourth-order valence-corrected chi connectivity index (χ4v) is 1.42. The first kappa shape index (κ1) is 8.23. The Hall–Kier alpha value is -1.38. The Balaban J connectivity index is 2.13. The highest BCUT2D eigenvalue weighted by Crippen LogP contribution is 2.12. The Morgan fingerprint density at radius 3 is 2.85 bits per heavy atom. The van der Waals surface area contributed by atoms with Crippen molar-refractivity contribution in [2.75, 3.05) is 11.9 Å². The number of para-hydroxylation sites is 1. The van der Waals surface area contributed by atoms with Crippen LogP contribution >= 0.6 is 0 Å². The van der Waals surface area contributed by atoms with E-state index in [0.717, 1.165) is 25.2 Å². The van der Waals surface area contributed by atoms with E-state index in [9.17, 15) is 4.39 Å². The largest absolute Gasteiger partial charge is 0.278 e. The summed E-state index contributed by atoms with van der Waals surface area (Å²) >= 11 is 0. The van der Waals surface area contributed by atoms with Crippen LogP contribution in [0.15, 0.2) is 24.3 Å². The fraction of sp³-hybridized carbons (Fsp3) is 0.300. The van der Waals surface area contributed by atoms with E-state index in [1.54, 1.807) is 12.1 Å². The number of amidine groups is 1. The molecule has 1 aromatic rings. The second kappa shape index (κ2) is 3.56. The molecular formula is C10H12FN2+. The molecule has 1 heterocycles. The molecule has 2 rings (SSSR count). The molecule has 13 heavy (non-hydrogen) atoms. The molecule has 1 aromatic carbocycles. The predicted octanol–water partition coefficient (Wildman–Crippen LogP) is 0.510. The van der Waals surface area contributed by atoms with E-state index >= 15 is 0 Å². The van der Waals surface area contributed by atoms with E-state index in [1.807, 2.05) is 6.07 Å². The lowest BCUT2D eigenvalue weighted by Crippen LogP contribution is -2.71. The molecule has 0 aliphatic carbocycles. The lowest BCUT2D eigenvalue weighted by Gasteiger charge is -1.98. The molecule has 0 amide bonds. The maximum absolute atomic E-state index is 13.1. The Kier molecular flexibility index (Phi) is 2.25. The molecule has 0 spiro atoms. The molecule has 0 saturated heterocycles. The molecular weight excluding hydrogens is 167 g/mol. The number of anilines is 1. The molecule has 0 bridgehead atoms. The third kappa shape index (κ3) is 1.86. The van der Waals surface area contributed by atoms with Crippen molar-refractivity contribution in [3.8, 4) is 0 Å². The van der Waals surface area contributed by atoms with Gasteiger partial charge in [0, 0.05) is 0 Å². The van der Waals surface area contributed by atoms with Gasteiger partial charge >= 0.3 is 0 Å². The van der Waals surface area contributed by atoms with Crippen LogP contribution < -0.4 is 10.3 Å². The highest BCUT2D eigenvalue weighted by Gasteiger charge is 2.14. The average molecular weight is 179 g/mol. The van der Waals surface area contributed by atoms with Gasteiger partial charge in [-0.15, -0.1) is 0 Å². The summed E-state index contributed by atoms with van der Waals surface area (Å²) in [6.07, 6.45) is 2.10. The van der Waals surface area contributed by atoms with Crippen molar-refractivity contribution in [3.63, 3.8) is 0 Å². The van der Waals surface area contributed by atoms with Gasteiger partial charge in [0.1, 0.15) is 0 Å². The van der Waals surface area contributed by atoms with Gasteiger partial charge in [-0.05, 0) is 18.6 Å². The minimum absolute atomic E-state index is 0.205. The summed E-state index contributed by atoms with van der Waals surface area (Å²) in [6.45, 7) is 0.983. The molecule has 0 unspecified atom stereocenters. The van der Waals surface area contributed by atoms with E-state index in [-0.39, 0.29) is 5.82 Å². The molecule has 68 valence electrons. The smallest absolute Gasteiger partial charge is 0.247 e. The highest BCUT2D eigenvalue weighted by molar-refractivity contribution is 5.91. The van der Waals surface area contributed by atoms with Crippen LogP contribution in [0, 0.1) is 5.82 Å². The Morgan fingerprint density at radius 2 is 2.15 bits per heavy atom. The third-order valence-electron chi connectivity index (χ3n) is 2.10. The molecule has 0 radical (unpaired) electrons. The second-order valence-electron chi connectivity index (χ2n) is 3.11. The van der Waals surface area contributed by atoms with Crippen LogP contribution in [0.3, 0.4) is 0 Å². The van der Waals surface area contributed by atoms with Gasteiger partial charge < -0.3 is 0 Å². The van der Waals surface area contributed by atoms with E-state index < -0.39 is 0 Å². The monoisotopic (exact) mass is 179 g/mol. The topological polar surface area (TPSA) is 26.0 Å². The summed E-state index contributed by atoms with van der Waals surface area (Å²) in [7, 11) is 0. The number of benzene rings is 1. The average Bonchev–Trinajstić information content (AvgIpc) is 2.61. The summed E-state index contributed by atoms with van der Waals surface area (Å²) < 4.78 is 13.1. The Bertz CT molecular complexity index is 333. The highest BCUT2D eigenvalue weighted by atomic mass is 19.1. The van der Waals surface area contributed by atoms with Crippen LogP contribution in [0.1, 0.15) is 12.8 Å². The van der Waals surface area contributed by atoms with E-state index in [4.69, 9.17) is 0 Å². The van der Waals surface area contributed by atoms with Crippen molar-refractivity contribution in [1.82, 2.24) is 0 Å². The maximum Gasteiger partial charge on any atom is 0.247 e. The van der Waals surface area contributed by atoms with E-state index in [2.05, 4.69) is 10.3 Å². The molecule has 2 nitrogen and oxygen atoms in total. The van der Waals surface area contributed by atoms with Crippen molar-refractivity contribution in [2.45, 2.75) is 12.8 Å². The summed E-state index contributed by atoms with van der Waals surface area (Å²) in [5, 5.41) is 3.04. The van der Waals surface area contributed by atoms with Crippen LogP contribution in [0.4, 0.5) is 10.1 Å². The number of rotatable bonds is 1. The molecule has 1 aliphatic heterocycles. The van der Waals surface area contributed by atoms with Crippen molar-refractivity contribution >= 4 is 11.5 Å². The first-order chi connectivity index (χ1) is 6.36. The quantitative estimate of drug-likeness (QED) is 0.645. The van der Waals surface area contributed by atoms with Crippen molar-refractivity contribution in [2.24, 2.45) is 0 Å². The third-order valence-corrected chi connectivity index (χ3v) is 2.10. The molecule has 0 aromatic heterocycles. The molecule has 1 aliphatic rings. The van der Waals surface area contributed by atoms with Gasteiger partial charge in [0.25, 0.3) is 0 Å². The van der Waals surface area contributed by atoms with E-state index in [1.165, 1.54) is 6.07 Å². The molecule has 0 saturated carbocycles. The van der Waals surface area contributed by atoms with Crippen LogP contribution in [0.2, 0.25) is 0 Å². The summed E-state index contributed by atoms with van der Waals surface area (Å²) in [6, 6.07) is 6.70. The lowest BCUT2D eigenvalue weighted by atomic mass is 10.3. The number of hydrogen-bond donors (Lipinski definition) is 2. The van der Waals surface area contributed by atoms with Crippen molar-refractivity contribution in [1.29, 1.82) is 0 Å². The minimum atomic E-state index is -0.205. The number of hydrogen-bond acceptors (Lipinski definition) is 1. The Labute approximate surface area is 76.5 Å². The van der Waals surface area contributed by atoms with Crippen molar-refractivity contribution < 1.29 is 9.38 Å². The van der Waals surface area contributed by atoms with Crippen LogP contribution in [0.25, 0.3) is 0 Å². The zero-order chi connectivity index (χ0) is 9.10. The normalized spacial score (nSPS) is 15.6. The summed E-state index contributed by atoms with van der Waals surface area (Å²) in [4.78, 5) is 3.17. The minimum Gasteiger partial charge on any atom is -0.278 e. The molecule has 0 fully saturated rings. The Morgan fingerprint density at radius 1 is 1.31 bits per heavy atom. The standard InChI is InChI=1S/C10H11FN2/c11-8-4-1-2-5-9(8)13-10-6-3-7-12-10/h1-2,4-5H,3,6-7H2,(H,12,13)/p+1. The summed E-state index contributed by atoms with van der Waals surface area (Å²) in [5.41, 5.74) is 0.548.